The lowest BCUT2D eigenvalue weighted by Crippen LogP contribution is -2.18. The second-order valence-corrected chi connectivity index (χ2v) is 5.64. The normalized spacial score (nSPS) is 12.0. The molecule has 0 saturated heterocycles. The number of aliphatic hydroxyl groups is 1. The first kappa shape index (κ1) is 17.1. The van der Waals surface area contributed by atoms with Crippen LogP contribution in [0.1, 0.15) is 17.4 Å². The largest absolute Gasteiger partial charge is 0.394 e. The molecule has 3 aromatic rings. The van der Waals surface area contributed by atoms with Crippen LogP contribution in [0.3, 0.4) is 0 Å². The lowest BCUT2D eigenvalue weighted by Gasteiger charge is -2.16. The highest BCUT2D eigenvalue weighted by atomic mass is 35.5. The number of aliphatic hydroxyl groups excluding tert-OH is 1. The summed E-state index contributed by atoms with van der Waals surface area (Å²) in [7, 11) is 0. The number of nitrogens with one attached hydrogen (secondary N) is 3. The number of hydrogen-bond donors (Lipinski definition) is 4. The van der Waals surface area contributed by atoms with Crippen LogP contribution in [0.5, 0.6) is 0 Å². The van der Waals surface area contributed by atoms with E-state index in [1.807, 2.05) is 6.92 Å². The monoisotopic (exact) mass is 363 g/mol. The molecule has 1 atom stereocenters. The van der Waals surface area contributed by atoms with Crippen LogP contribution in [-0.4, -0.2) is 36.9 Å². The van der Waals surface area contributed by atoms with Crippen LogP contribution in [0.4, 0.5) is 22.0 Å². The average Bonchev–Trinajstić information content (AvgIpc) is 3.01. The molecule has 0 radical (unpaired) electrons. The molecule has 130 valence electrons. The minimum absolute atomic E-state index is 0.226. The summed E-state index contributed by atoms with van der Waals surface area (Å²) in [6.07, 6.45) is 2.50. The van der Waals surface area contributed by atoms with Gasteiger partial charge >= 0.3 is 0 Å². The van der Waals surface area contributed by atoms with E-state index in [2.05, 4.69) is 35.8 Å². The molecule has 10 heteroatoms. The first-order valence-corrected chi connectivity index (χ1v) is 7.73. The van der Waals surface area contributed by atoms with E-state index in [9.17, 15) is 9.50 Å². The van der Waals surface area contributed by atoms with E-state index >= 15 is 0 Å². The van der Waals surface area contributed by atoms with Crippen molar-refractivity contribution in [2.24, 2.45) is 0 Å². The van der Waals surface area contributed by atoms with E-state index < -0.39 is 11.9 Å². The van der Waals surface area contributed by atoms with Crippen LogP contribution in [0.15, 0.2) is 30.6 Å². The Balaban J connectivity index is 1.79. The van der Waals surface area contributed by atoms with Crippen LogP contribution in [0.25, 0.3) is 0 Å². The molecule has 0 aliphatic carbocycles. The standard InChI is InChI=1S/C15H15ClFN7O/c1-8-4-13(24-23-8)21-14-10(16)6-19-15(22-14)20-12(7-25)11-3-2-9(17)5-18-11/h2-6,12,25H,7H2,1H3,(H3,19,20,21,22,23,24). The van der Waals surface area contributed by atoms with Gasteiger partial charge in [0.1, 0.15) is 10.8 Å². The summed E-state index contributed by atoms with van der Waals surface area (Å²) in [6, 6.07) is 3.94. The van der Waals surface area contributed by atoms with Crippen molar-refractivity contribution >= 4 is 29.2 Å². The Bertz CT molecular complexity index is 855. The third kappa shape index (κ3) is 4.20. The molecule has 0 fully saturated rings. The van der Waals surface area contributed by atoms with Crippen molar-refractivity contribution in [2.75, 3.05) is 17.2 Å². The van der Waals surface area contributed by atoms with E-state index in [1.54, 1.807) is 6.07 Å². The summed E-state index contributed by atoms with van der Waals surface area (Å²) in [6.45, 7) is 1.60. The molecule has 1 unspecified atom stereocenters. The Morgan fingerprint density at radius 2 is 2.16 bits per heavy atom. The van der Waals surface area contributed by atoms with Crippen molar-refractivity contribution in [3.8, 4) is 0 Å². The van der Waals surface area contributed by atoms with Gasteiger partial charge in [0.25, 0.3) is 0 Å². The fraction of sp³-hybridized carbons (Fsp3) is 0.200. The Kier molecular flexibility index (Phi) is 5.05. The molecule has 0 aliphatic rings. The smallest absolute Gasteiger partial charge is 0.225 e. The number of aryl methyl sites for hydroxylation is 1. The van der Waals surface area contributed by atoms with Crippen molar-refractivity contribution in [3.05, 3.63) is 52.8 Å². The molecule has 8 nitrogen and oxygen atoms in total. The van der Waals surface area contributed by atoms with Crippen LogP contribution in [-0.2, 0) is 0 Å². The predicted octanol–water partition coefficient (Wildman–Crippen LogP) is 2.58. The van der Waals surface area contributed by atoms with E-state index in [-0.39, 0.29) is 12.6 Å². The van der Waals surface area contributed by atoms with Crippen molar-refractivity contribution in [1.29, 1.82) is 0 Å². The third-order valence-corrected chi connectivity index (χ3v) is 3.57. The number of hydrogen-bond acceptors (Lipinski definition) is 7. The summed E-state index contributed by atoms with van der Waals surface area (Å²) >= 11 is 6.10. The number of anilines is 3. The highest BCUT2D eigenvalue weighted by molar-refractivity contribution is 6.32. The van der Waals surface area contributed by atoms with Gasteiger partial charge in [-0.25, -0.2) is 9.37 Å². The molecule has 4 N–H and O–H groups in total. The Morgan fingerprint density at radius 3 is 2.80 bits per heavy atom. The second-order valence-electron chi connectivity index (χ2n) is 5.23. The van der Waals surface area contributed by atoms with E-state index in [1.165, 1.54) is 18.3 Å². The fourth-order valence-corrected chi connectivity index (χ4v) is 2.23. The highest BCUT2D eigenvalue weighted by Gasteiger charge is 2.15. The molecule has 0 bridgehead atoms. The molecule has 3 heterocycles. The molecule has 0 aromatic carbocycles. The minimum atomic E-state index is -0.595. The number of nitrogens with zero attached hydrogens (tertiary/aromatic N) is 4. The van der Waals surface area contributed by atoms with Crippen molar-refractivity contribution in [3.63, 3.8) is 0 Å². The number of halogens is 2. The van der Waals surface area contributed by atoms with E-state index in [4.69, 9.17) is 11.6 Å². The Morgan fingerprint density at radius 1 is 1.32 bits per heavy atom. The molecule has 3 aromatic heterocycles. The molecule has 0 saturated carbocycles. The quantitative estimate of drug-likeness (QED) is 0.532. The maximum atomic E-state index is 13.0. The number of pyridine rings is 1. The molecule has 0 aliphatic heterocycles. The topological polar surface area (TPSA) is 112 Å². The zero-order chi connectivity index (χ0) is 17.8. The summed E-state index contributed by atoms with van der Waals surface area (Å²) < 4.78 is 13.0. The first-order valence-electron chi connectivity index (χ1n) is 7.35. The summed E-state index contributed by atoms with van der Waals surface area (Å²) in [5, 5.41) is 22.7. The molecule has 0 amide bonds. The predicted molar refractivity (Wildman–Crippen MR) is 91.3 cm³/mol. The third-order valence-electron chi connectivity index (χ3n) is 3.29. The van der Waals surface area contributed by atoms with Crippen LogP contribution in [0, 0.1) is 12.7 Å². The maximum absolute atomic E-state index is 13.0. The van der Waals surface area contributed by atoms with Crippen LogP contribution < -0.4 is 10.6 Å². The zero-order valence-corrected chi connectivity index (χ0v) is 13.9. The van der Waals surface area contributed by atoms with Crippen molar-refractivity contribution in [2.45, 2.75) is 13.0 Å². The van der Waals surface area contributed by atoms with E-state index in [0.29, 0.717) is 22.4 Å². The van der Waals surface area contributed by atoms with Gasteiger partial charge in [-0.05, 0) is 19.1 Å². The minimum Gasteiger partial charge on any atom is -0.394 e. The second kappa shape index (κ2) is 7.41. The molecular formula is C15H15ClFN7O. The maximum Gasteiger partial charge on any atom is 0.225 e. The molecule has 0 spiro atoms. The van der Waals surface area contributed by atoms with Gasteiger partial charge in [-0.3, -0.25) is 10.1 Å². The lowest BCUT2D eigenvalue weighted by molar-refractivity contribution is 0.273. The number of aromatic nitrogens is 5. The number of rotatable bonds is 6. The SMILES string of the molecule is Cc1cc(Nc2nc(NC(CO)c3ccc(F)cn3)ncc2Cl)n[nH]1. The van der Waals surface area contributed by atoms with Gasteiger partial charge in [0.05, 0.1) is 30.7 Å². The van der Waals surface area contributed by atoms with Gasteiger partial charge in [0, 0.05) is 11.8 Å². The zero-order valence-electron chi connectivity index (χ0n) is 13.2. The summed E-state index contributed by atoms with van der Waals surface area (Å²) in [5.41, 5.74) is 1.34. The van der Waals surface area contributed by atoms with Gasteiger partial charge in [-0.1, -0.05) is 11.6 Å². The number of aromatic amines is 1. The average molecular weight is 364 g/mol. The van der Waals surface area contributed by atoms with Gasteiger partial charge < -0.3 is 15.7 Å². The van der Waals surface area contributed by atoms with Gasteiger partial charge in [0.15, 0.2) is 11.6 Å². The van der Waals surface area contributed by atoms with Crippen molar-refractivity contribution < 1.29 is 9.50 Å². The van der Waals surface area contributed by atoms with Gasteiger partial charge in [-0.15, -0.1) is 0 Å². The molecule has 25 heavy (non-hydrogen) atoms. The Labute approximate surface area is 147 Å². The highest BCUT2D eigenvalue weighted by Crippen LogP contribution is 2.24. The van der Waals surface area contributed by atoms with Crippen LogP contribution >= 0.6 is 11.6 Å². The summed E-state index contributed by atoms with van der Waals surface area (Å²) in [4.78, 5) is 12.3. The molecule has 3 rings (SSSR count). The Hall–Kier alpha value is -2.78. The summed E-state index contributed by atoms with van der Waals surface area (Å²) in [5.74, 6) is 0.686. The molecular weight excluding hydrogens is 349 g/mol. The van der Waals surface area contributed by atoms with E-state index in [0.717, 1.165) is 11.9 Å². The van der Waals surface area contributed by atoms with Crippen molar-refractivity contribution in [1.82, 2.24) is 25.1 Å². The lowest BCUT2D eigenvalue weighted by atomic mass is 10.2. The first-order chi connectivity index (χ1) is 12.0. The van der Waals surface area contributed by atoms with Crippen LogP contribution in [0.2, 0.25) is 5.02 Å². The fourth-order valence-electron chi connectivity index (χ4n) is 2.09. The van der Waals surface area contributed by atoms with Gasteiger partial charge in [0.2, 0.25) is 5.95 Å². The number of H-pyrrole nitrogens is 1. The van der Waals surface area contributed by atoms with Gasteiger partial charge in [-0.2, -0.15) is 10.1 Å².